The van der Waals surface area contributed by atoms with Gasteiger partial charge < -0.3 is 4.74 Å². The Bertz CT molecular complexity index is 449. The number of aromatic nitrogens is 1. The van der Waals surface area contributed by atoms with Crippen LogP contribution in [0.3, 0.4) is 0 Å². The van der Waals surface area contributed by atoms with Gasteiger partial charge in [-0.25, -0.2) is 4.98 Å². The van der Waals surface area contributed by atoms with E-state index < -0.39 is 0 Å². The van der Waals surface area contributed by atoms with Crippen molar-refractivity contribution in [1.82, 2.24) is 4.98 Å². The average molecular weight is 260 g/mol. The van der Waals surface area contributed by atoms with Crippen molar-refractivity contribution in [3.05, 3.63) is 22.9 Å². The molecule has 0 amide bonds. The first-order valence-electron chi connectivity index (χ1n) is 7.13. The van der Waals surface area contributed by atoms with Crippen LogP contribution in [0.1, 0.15) is 62.8 Å². The first-order valence-corrected chi connectivity index (χ1v) is 7.13. The first kappa shape index (κ1) is 15.5. The maximum Gasteiger partial charge on any atom is 0.232 e. The van der Waals surface area contributed by atoms with Gasteiger partial charge in [-0.3, -0.25) is 0 Å². The highest BCUT2D eigenvalue weighted by molar-refractivity contribution is 5.45. The third kappa shape index (κ3) is 4.90. The molecule has 3 heteroatoms. The molecule has 0 aliphatic rings. The van der Waals surface area contributed by atoms with Crippen molar-refractivity contribution >= 4 is 0 Å². The quantitative estimate of drug-likeness (QED) is 0.686. The summed E-state index contributed by atoms with van der Waals surface area (Å²) in [6, 6.07) is 4.10. The number of rotatable bonds is 7. The minimum Gasteiger partial charge on any atom is -0.474 e. The Morgan fingerprint density at radius 1 is 1.32 bits per heavy atom. The van der Waals surface area contributed by atoms with Crippen LogP contribution in [-0.2, 0) is 0 Å². The van der Waals surface area contributed by atoms with E-state index in [1.54, 1.807) is 0 Å². The van der Waals surface area contributed by atoms with Gasteiger partial charge in [-0.1, -0.05) is 26.2 Å². The van der Waals surface area contributed by atoms with Crippen LogP contribution in [0.25, 0.3) is 0 Å². The number of unbranched alkanes of at least 4 members (excludes halogenated alkanes) is 3. The molecule has 3 nitrogen and oxygen atoms in total. The van der Waals surface area contributed by atoms with Crippen LogP contribution in [0.2, 0.25) is 0 Å². The molecule has 0 aliphatic carbocycles. The highest BCUT2D eigenvalue weighted by Crippen LogP contribution is 2.22. The van der Waals surface area contributed by atoms with E-state index in [0.717, 1.165) is 17.7 Å². The summed E-state index contributed by atoms with van der Waals surface area (Å²) in [5.74, 6) is 0.489. The summed E-state index contributed by atoms with van der Waals surface area (Å²) < 4.78 is 5.84. The lowest BCUT2D eigenvalue weighted by molar-refractivity contribution is 0.197. The monoisotopic (exact) mass is 260 g/mol. The molecule has 1 aromatic rings. The molecule has 1 unspecified atom stereocenters. The Hall–Kier alpha value is -1.56. The fourth-order valence-corrected chi connectivity index (χ4v) is 2.13. The molecule has 1 atom stereocenters. The topological polar surface area (TPSA) is 45.9 Å². The normalized spacial score (nSPS) is 11.9. The summed E-state index contributed by atoms with van der Waals surface area (Å²) in [6.45, 7) is 8.10. The Balaban J connectivity index is 2.63. The summed E-state index contributed by atoms with van der Waals surface area (Å²) in [7, 11) is 0. The van der Waals surface area contributed by atoms with Crippen molar-refractivity contribution in [1.29, 1.82) is 5.26 Å². The van der Waals surface area contributed by atoms with Gasteiger partial charge in [0.1, 0.15) is 11.6 Å². The van der Waals surface area contributed by atoms with Gasteiger partial charge in [0.25, 0.3) is 0 Å². The summed E-state index contributed by atoms with van der Waals surface area (Å²) in [5, 5.41) is 9.18. The van der Waals surface area contributed by atoms with Crippen molar-refractivity contribution in [2.75, 3.05) is 0 Å². The maximum absolute atomic E-state index is 9.18. The predicted molar refractivity (Wildman–Crippen MR) is 77.3 cm³/mol. The Morgan fingerprint density at radius 2 is 2.05 bits per heavy atom. The second kappa shape index (κ2) is 7.78. The van der Waals surface area contributed by atoms with Gasteiger partial charge >= 0.3 is 0 Å². The molecule has 0 fully saturated rings. The molecule has 1 heterocycles. The number of nitriles is 1. The number of hydrogen-bond donors (Lipinski definition) is 0. The number of ether oxygens (including phenoxy) is 1. The average Bonchev–Trinajstić information content (AvgIpc) is 2.34. The van der Waals surface area contributed by atoms with Crippen LogP contribution < -0.4 is 4.74 Å². The van der Waals surface area contributed by atoms with Gasteiger partial charge in [-0.2, -0.15) is 5.26 Å². The second-order valence-corrected chi connectivity index (χ2v) is 5.15. The van der Waals surface area contributed by atoms with Crippen LogP contribution in [0.15, 0.2) is 6.07 Å². The van der Waals surface area contributed by atoms with Crippen molar-refractivity contribution < 1.29 is 4.74 Å². The van der Waals surface area contributed by atoms with Crippen molar-refractivity contribution in [2.45, 2.75) is 65.9 Å². The van der Waals surface area contributed by atoms with Crippen molar-refractivity contribution in [3.8, 4) is 11.9 Å². The molecule has 0 N–H and O–H groups in total. The molecule has 1 rings (SSSR count). The fourth-order valence-electron chi connectivity index (χ4n) is 2.13. The first-order chi connectivity index (χ1) is 9.08. The standard InChI is InChI=1S/C16H24N2O/c1-5-6-7-8-9-14(4)19-16-15(11-17)12(2)10-13(3)18-16/h10,14H,5-9H2,1-4H3. The van der Waals surface area contributed by atoms with Gasteiger partial charge in [0.05, 0.1) is 6.10 Å². The lowest BCUT2D eigenvalue weighted by atomic mass is 10.1. The number of aryl methyl sites for hydroxylation is 2. The highest BCUT2D eigenvalue weighted by Gasteiger charge is 2.13. The zero-order chi connectivity index (χ0) is 14.3. The smallest absolute Gasteiger partial charge is 0.232 e. The SMILES string of the molecule is CCCCCCC(C)Oc1nc(C)cc(C)c1C#N. The third-order valence-corrected chi connectivity index (χ3v) is 3.20. The van der Waals surface area contributed by atoms with Crippen molar-refractivity contribution in [2.24, 2.45) is 0 Å². The van der Waals surface area contributed by atoms with E-state index in [1.165, 1.54) is 25.7 Å². The molecule has 0 bridgehead atoms. The van der Waals surface area contributed by atoms with Crippen LogP contribution in [0.4, 0.5) is 0 Å². The van der Waals surface area contributed by atoms with Gasteiger partial charge in [-0.15, -0.1) is 0 Å². The predicted octanol–water partition coefficient (Wildman–Crippen LogP) is 4.31. The molecule has 0 aromatic carbocycles. The molecular formula is C16H24N2O. The summed E-state index contributed by atoms with van der Waals surface area (Å²) >= 11 is 0. The minimum atomic E-state index is 0.109. The zero-order valence-electron chi connectivity index (χ0n) is 12.5. The lowest BCUT2D eigenvalue weighted by Crippen LogP contribution is -2.14. The zero-order valence-corrected chi connectivity index (χ0v) is 12.5. The van der Waals surface area contributed by atoms with E-state index in [9.17, 15) is 5.26 Å². The maximum atomic E-state index is 9.18. The second-order valence-electron chi connectivity index (χ2n) is 5.15. The molecule has 0 radical (unpaired) electrons. The highest BCUT2D eigenvalue weighted by atomic mass is 16.5. The molecular weight excluding hydrogens is 236 g/mol. The number of nitrogens with zero attached hydrogens (tertiary/aromatic N) is 2. The lowest BCUT2D eigenvalue weighted by Gasteiger charge is -2.16. The Kier molecular flexibility index (Phi) is 6.35. The van der Waals surface area contributed by atoms with Gasteiger partial charge in [0.2, 0.25) is 5.88 Å². The van der Waals surface area contributed by atoms with E-state index in [4.69, 9.17) is 4.74 Å². The van der Waals surface area contributed by atoms with E-state index in [2.05, 4.69) is 18.0 Å². The molecule has 0 aliphatic heterocycles. The number of pyridine rings is 1. The fraction of sp³-hybridized carbons (Fsp3) is 0.625. The van der Waals surface area contributed by atoms with Crippen LogP contribution >= 0.6 is 0 Å². The largest absolute Gasteiger partial charge is 0.474 e. The van der Waals surface area contributed by atoms with Crippen LogP contribution in [0.5, 0.6) is 5.88 Å². The summed E-state index contributed by atoms with van der Waals surface area (Å²) in [5.41, 5.74) is 2.39. The molecule has 0 spiro atoms. The molecule has 0 saturated heterocycles. The molecule has 19 heavy (non-hydrogen) atoms. The van der Waals surface area contributed by atoms with Crippen LogP contribution in [0, 0.1) is 25.2 Å². The summed E-state index contributed by atoms with van der Waals surface area (Å²) in [4.78, 5) is 4.34. The van der Waals surface area contributed by atoms with Gasteiger partial charge in [-0.05, 0) is 45.2 Å². The van der Waals surface area contributed by atoms with Gasteiger partial charge in [0, 0.05) is 5.69 Å². The Labute approximate surface area is 116 Å². The van der Waals surface area contributed by atoms with E-state index in [0.29, 0.717) is 11.4 Å². The van der Waals surface area contributed by atoms with E-state index in [1.807, 2.05) is 26.8 Å². The molecule has 104 valence electrons. The van der Waals surface area contributed by atoms with E-state index in [-0.39, 0.29) is 6.10 Å². The molecule has 1 aromatic heterocycles. The van der Waals surface area contributed by atoms with Crippen LogP contribution in [-0.4, -0.2) is 11.1 Å². The number of hydrogen-bond acceptors (Lipinski definition) is 3. The minimum absolute atomic E-state index is 0.109. The van der Waals surface area contributed by atoms with Gasteiger partial charge in [0.15, 0.2) is 0 Å². The van der Waals surface area contributed by atoms with E-state index >= 15 is 0 Å². The Morgan fingerprint density at radius 3 is 2.68 bits per heavy atom. The summed E-state index contributed by atoms with van der Waals surface area (Å²) in [6.07, 6.45) is 6.05. The van der Waals surface area contributed by atoms with Crippen molar-refractivity contribution in [3.63, 3.8) is 0 Å². The molecule has 0 saturated carbocycles. The third-order valence-electron chi connectivity index (χ3n) is 3.20.